The third-order valence-corrected chi connectivity index (χ3v) is 5.53. The SMILES string of the molecule is Cc1ccc(S(=O)(=O)c2ccc(Cn3cc([N+](=O)[O-])cn3)cc2)cc1. The predicted octanol–water partition coefficient (Wildman–Crippen LogP) is 2.98. The molecular formula is C17H15N3O4S. The summed E-state index contributed by atoms with van der Waals surface area (Å²) in [6.45, 7) is 2.21. The summed E-state index contributed by atoms with van der Waals surface area (Å²) in [5, 5.41) is 14.6. The second-order valence-electron chi connectivity index (χ2n) is 5.61. The fraction of sp³-hybridized carbons (Fsp3) is 0.118. The summed E-state index contributed by atoms with van der Waals surface area (Å²) in [7, 11) is -3.56. The quantitative estimate of drug-likeness (QED) is 0.517. The lowest BCUT2D eigenvalue weighted by Crippen LogP contribution is -2.03. The van der Waals surface area contributed by atoms with Crippen LogP contribution in [0.25, 0.3) is 0 Å². The molecule has 0 saturated carbocycles. The van der Waals surface area contributed by atoms with Crippen LogP contribution in [-0.4, -0.2) is 23.1 Å². The van der Waals surface area contributed by atoms with Crippen LogP contribution in [0, 0.1) is 17.0 Å². The number of sulfone groups is 1. The molecule has 0 fully saturated rings. The molecule has 3 rings (SSSR count). The highest BCUT2D eigenvalue weighted by Gasteiger charge is 2.17. The van der Waals surface area contributed by atoms with Gasteiger partial charge in [-0.15, -0.1) is 0 Å². The molecule has 0 aliphatic carbocycles. The Labute approximate surface area is 144 Å². The van der Waals surface area contributed by atoms with Gasteiger partial charge >= 0.3 is 5.69 Å². The van der Waals surface area contributed by atoms with E-state index in [1.807, 2.05) is 6.92 Å². The van der Waals surface area contributed by atoms with Gasteiger partial charge in [0, 0.05) is 0 Å². The smallest absolute Gasteiger partial charge is 0.261 e. The van der Waals surface area contributed by atoms with E-state index in [0.29, 0.717) is 6.54 Å². The van der Waals surface area contributed by atoms with Gasteiger partial charge < -0.3 is 0 Å². The van der Waals surface area contributed by atoms with Gasteiger partial charge in [-0.25, -0.2) is 8.42 Å². The van der Waals surface area contributed by atoms with Crippen molar-refractivity contribution >= 4 is 15.5 Å². The van der Waals surface area contributed by atoms with Gasteiger partial charge in [-0.3, -0.25) is 14.8 Å². The summed E-state index contributed by atoms with van der Waals surface area (Å²) in [5.41, 5.74) is 1.70. The molecule has 0 spiro atoms. The zero-order chi connectivity index (χ0) is 18.0. The third-order valence-electron chi connectivity index (χ3n) is 3.74. The summed E-state index contributed by atoms with van der Waals surface area (Å²) < 4.78 is 26.6. The maximum Gasteiger partial charge on any atom is 0.307 e. The van der Waals surface area contributed by atoms with E-state index in [-0.39, 0.29) is 15.5 Å². The molecule has 0 bridgehead atoms. The Bertz CT molecular complexity index is 1010. The van der Waals surface area contributed by atoms with E-state index >= 15 is 0 Å². The topological polar surface area (TPSA) is 95.1 Å². The van der Waals surface area contributed by atoms with Crippen LogP contribution in [0.2, 0.25) is 0 Å². The molecule has 0 saturated heterocycles. The van der Waals surface area contributed by atoms with Crippen LogP contribution in [-0.2, 0) is 16.4 Å². The van der Waals surface area contributed by atoms with E-state index in [2.05, 4.69) is 5.10 Å². The largest absolute Gasteiger partial charge is 0.307 e. The molecular weight excluding hydrogens is 342 g/mol. The van der Waals surface area contributed by atoms with Gasteiger partial charge in [-0.2, -0.15) is 5.10 Å². The second-order valence-corrected chi connectivity index (χ2v) is 7.56. The third kappa shape index (κ3) is 3.58. The highest BCUT2D eigenvalue weighted by atomic mass is 32.2. The Morgan fingerprint density at radius 1 is 1.04 bits per heavy atom. The van der Waals surface area contributed by atoms with Gasteiger partial charge in [-0.05, 0) is 36.8 Å². The number of hydrogen-bond acceptors (Lipinski definition) is 5. The van der Waals surface area contributed by atoms with Gasteiger partial charge in [0.2, 0.25) is 9.84 Å². The molecule has 7 nitrogen and oxygen atoms in total. The maximum absolute atomic E-state index is 12.6. The van der Waals surface area contributed by atoms with Crippen molar-refractivity contribution in [2.45, 2.75) is 23.3 Å². The van der Waals surface area contributed by atoms with Crippen LogP contribution >= 0.6 is 0 Å². The number of aromatic nitrogens is 2. The van der Waals surface area contributed by atoms with Gasteiger partial charge in [-0.1, -0.05) is 29.8 Å². The molecule has 3 aromatic rings. The first-order valence-electron chi connectivity index (χ1n) is 7.44. The monoisotopic (exact) mass is 357 g/mol. The minimum atomic E-state index is -3.56. The average molecular weight is 357 g/mol. The zero-order valence-electron chi connectivity index (χ0n) is 13.4. The van der Waals surface area contributed by atoms with E-state index in [1.165, 1.54) is 29.2 Å². The number of nitrogens with zero attached hydrogens (tertiary/aromatic N) is 3. The van der Waals surface area contributed by atoms with Crippen molar-refractivity contribution in [1.82, 2.24) is 9.78 Å². The van der Waals surface area contributed by atoms with Crippen molar-refractivity contribution in [1.29, 1.82) is 0 Å². The highest BCUT2D eigenvalue weighted by Crippen LogP contribution is 2.22. The van der Waals surface area contributed by atoms with Crippen LogP contribution < -0.4 is 0 Å². The van der Waals surface area contributed by atoms with Crippen LogP contribution in [0.4, 0.5) is 5.69 Å². The average Bonchev–Trinajstić information content (AvgIpc) is 3.04. The van der Waals surface area contributed by atoms with Gasteiger partial charge in [0.05, 0.1) is 21.3 Å². The van der Waals surface area contributed by atoms with Gasteiger partial charge in [0.15, 0.2) is 0 Å². The number of hydrogen-bond donors (Lipinski definition) is 0. The van der Waals surface area contributed by atoms with Crippen LogP contribution in [0.15, 0.2) is 70.7 Å². The summed E-state index contributed by atoms with van der Waals surface area (Å²) in [5.74, 6) is 0. The number of aryl methyl sites for hydroxylation is 1. The predicted molar refractivity (Wildman–Crippen MR) is 91.1 cm³/mol. The summed E-state index contributed by atoms with van der Waals surface area (Å²) in [6, 6.07) is 13.1. The fourth-order valence-electron chi connectivity index (χ4n) is 2.35. The van der Waals surface area contributed by atoms with Crippen molar-refractivity contribution < 1.29 is 13.3 Å². The first-order chi connectivity index (χ1) is 11.9. The molecule has 25 heavy (non-hydrogen) atoms. The molecule has 1 aromatic heterocycles. The first kappa shape index (κ1) is 16.8. The number of benzene rings is 2. The maximum atomic E-state index is 12.6. The van der Waals surface area contributed by atoms with E-state index in [0.717, 1.165) is 11.1 Å². The van der Waals surface area contributed by atoms with Crippen LogP contribution in [0.3, 0.4) is 0 Å². The van der Waals surface area contributed by atoms with Crippen LogP contribution in [0.5, 0.6) is 0 Å². The van der Waals surface area contributed by atoms with Crippen molar-refractivity contribution in [2.24, 2.45) is 0 Å². The van der Waals surface area contributed by atoms with Crippen molar-refractivity contribution in [3.8, 4) is 0 Å². The molecule has 0 unspecified atom stereocenters. The van der Waals surface area contributed by atoms with Crippen molar-refractivity contribution in [3.05, 3.63) is 82.2 Å². The Balaban J connectivity index is 1.81. The molecule has 1 heterocycles. The molecule has 8 heteroatoms. The van der Waals surface area contributed by atoms with E-state index in [9.17, 15) is 18.5 Å². The summed E-state index contributed by atoms with van der Waals surface area (Å²) in [4.78, 5) is 10.6. The first-order valence-corrected chi connectivity index (χ1v) is 8.92. The fourth-order valence-corrected chi connectivity index (χ4v) is 3.61. The van der Waals surface area contributed by atoms with E-state index < -0.39 is 14.8 Å². The molecule has 0 atom stereocenters. The lowest BCUT2D eigenvalue weighted by Gasteiger charge is -2.07. The molecule has 0 aliphatic rings. The van der Waals surface area contributed by atoms with Crippen molar-refractivity contribution in [2.75, 3.05) is 0 Å². The Morgan fingerprint density at radius 3 is 2.12 bits per heavy atom. The Morgan fingerprint density at radius 2 is 1.60 bits per heavy atom. The molecule has 0 N–H and O–H groups in total. The summed E-state index contributed by atoms with van der Waals surface area (Å²) >= 11 is 0. The number of nitro groups is 1. The Hall–Kier alpha value is -3.00. The second kappa shape index (κ2) is 6.48. The lowest BCUT2D eigenvalue weighted by molar-refractivity contribution is -0.385. The molecule has 128 valence electrons. The highest BCUT2D eigenvalue weighted by molar-refractivity contribution is 7.91. The minimum Gasteiger partial charge on any atom is -0.261 e. The molecule has 0 amide bonds. The number of rotatable bonds is 5. The summed E-state index contributed by atoms with van der Waals surface area (Å²) in [6.07, 6.45) is 2.51. The van der Waals surface area contributed by atoms with E-state index in [4.69, 9.17) is 0 Å². The van der Waals surface area contributed by atoms with Crippen molar-refractivity contribution in [3.63, 3.8) is 0 Å². The van der Waals surface area contributed by atoms with Gasteiger partial charge in [0.25, 0.3) is 0 Å². The normalized spacial score (nSPS) is 11.4. The van der Waals surface area contributed by atoms with E-state index in [1.54, 1.807) is 36.4 Å². The zero-order valence-corrected chi connectivity index (χ0v) is 14.2. The Kier molecular flexibility index (Phi) is 4.37. The van der Waals surface area contributed by atoms with Gasteiger partial charge in [0.1, 0.15) is 12.4 Å². The molecule has 2 aromatic carbocycles. The lowest BCUT2D eigenvalue weighted by atomic mass is 10.2. The van der Waals surface area contributed by atoms with Crippen LogP contribution in [0.1, 0.15) is 11.1 Å². The standard InChI is InChI=1S/C17H15N3O4S/c1-13-2-6-16(7-3-13)25(23,24)17-8-4-14(5-9-17)11-19-12-15(10-18-19)20(21)22/h2-10,12H,11H2,1H3. The molecule has 0 radical (unpaired) electrons. The molecule has 0 aliphatic heterocycles. The minimum absolute atomic E-state index is 0.0847.